The molecule has 0 saturated carbocycles. The van der Waals surface area contributed by atoms with Gasteiger partial charge in [0.15, 0.2) is 11.5 Å². The molecule has 2 rings (SSSR count). The number of nitrogens with zero attached hydrogens (tertiary/aromatic N) is 1. The fourth-order valence-electron chi connectivity index (χ4n) is 3.29. The first-order valence-corrected chi connectivity index (χ1v) is 8.14. The Labute approximate surface area is 163 Å². The van der Waals surface area contributed by atoms with Gasteiger partial charge in [-0.1, -0.05) is 26.8 Å². The maximum Gasteiger partial charge on any atom is 0.308 e. The average molecular weight is 393 g/mol. The minimum absolute atomic E-state index is 0. The van der Waals surface area contributed by atoms with E-state index in [1.807, 2.05) is 18.2 Å². The van der Waals surface area contributed by atoms with E-state index < -0.39 is 0 Å². The van der Waals surface area contributed by atoms with Gasteiger partial charge in [0, 0.05) is 39.1 Å². The van der Waals surface area contributed by atoms with Crippen LogP contribution in [0.15, 0.2) is 18.2 Å². The Morgan fingerprint density at radius 3 is 2.24 bits per heavy atom. The molecular weight excluding hydrogens is 363 g/mol. The van der Waals surface area contributed by atoms with Crippen LogP contribution in [-0.2, 0) is 4.79 Å². The lowest BCUT2D eigenvalue weighted by Gasteiger charge is -2.42. The van der Waals surface area contributed by atoms with Gasteiger partial charge >= 0.3 is 5.97 Å². The summed E-state index contributed by atoms with van der Waals surface area (Å²) in [6.45, 7) is 12.2. The number of carbonyl (C=O) groups is 1. The van der Waals surface area contributed by atoms with Gasteiger partial charge in [-0.3, -0.25) is 9.69 Å². The Bertz CT molecular complexity index is 556. The molecule has 0 unspecified atom stereocenters. The van der Waals surface area contributed by atoms with Gasteiger partial charge in [0.05, 0.1) is 7.11 Å². The first-order valence-electron chi connectivity index (χ1n) is 8.14. The quantitative estimate of drug-likeness (QED) is 0.627. The number of hydrogen-bond donors (Lipinski definition) is 1. The van der Waals surface area contributed by atoms with Crippen molar-refractivity contribution in [2.45, 2.75) is 33.7 Å². The highest BCUT2D eigenvalue weighted by Gasteiger charge is 2.33. The van der Waals surface area contributed by atoms with Gasteiger partial charge in [-0.05, 0) is 23.1 Å². The number of carbonyl (C=O) groups excluding carboxylic acids is 1. The summed E-state index contributed by atoms with van der Waals surface area (Å²) in [5.41, 5.74) is 1.28. The smallest absolute Gasteiger partial charge is 0.308 e. The van der Waals surface area contributed by atoms with Crippen molar-refractivity contribution >= 4 is 30.8 Å². The predicted molar refractivity (Wildman–Crippen MR) is 105 cm³/mol. The Hall–Kier alpha value is -1.01. The van der Waals surface area contributed by atoms with Crippen molar-refractivity contribution in [3.63, 3.8) is 0 Å². The molecule has 0 aliphatic carbocycles. The van der Waals surface area contributed by atoms with E-state index in [-0.39, 0.29) is 42.2 Å². The van der Waals surface area contributed by atoms with Crippen molar-refractivity contribution in [3.05, 3.63) is 23.8 Å². The summed E-state index contributed by atoms with van der Waals surface area (Å²) in [4.78, 5) is 13.7. The van der Waals surface area contributed by atoms with E-state index in [9.17, 15) is 4.79 Å². The Morgan fingerprint density at radius 1 is 1.16 bits per heavy atom. The molecule has 1 heterocycles. The molecule has 1 saturated heterocycles. The summed E-state index contributed by atoms with van der Waals surface area (Å²) in [5, 5.41) is 3.40. The third kappa shape index (κ3) is 6.33. The molecule has 1 aromatic rings. The second kappa shape index (κ2) is 10.2. The molecule has 1 aliphatic heterocycles. The molecule has 1 atom stereocenters. The molecule has 144 valence electrons. The lowest BCUT2D eigenvalue weighted by atomic mass is 9.81. The fraction of sp³-hybridized carbons (Fsp3) is 0.611. The second-order valence-electron chi connectivity index (χ2n) is 7.06. The lowest BCUT2D eigenvalue weighted by molar-refractivity contribution is -0.132. The van der Waals surface area contributed by atoms with Crippen LogP contribution in [0.4, 0.5) is 0 Å². The number of hydrogen-bond acceptors (Lipinski definition) is 5. The highest BCUT2D eigenvalue weighted by atomic mass is 35.5. The van der Waals surface area contributed by atoms with Gasteiger partial charge in [0.1, 0.15) is 0 Å². The topological polar surface area (TPSA) is 50.8 Å². The zero-order chi connectivity index (χ0) is 17.0. The van der Waals surface area contributed by atoms with E-state index >= 15 is 0 Å². The standard InChI is InChI=1S/C18H28N2O3.2ClH/c1-13(21)23-15-7-6-14(12-16(15)22-5)17(18(2,3)4)20-10-8-19-9-11-20;;/h6-7,12,17,19H,8-11H2,1-5H3;2*1H/t17-;;/m0../s1. The Kier molecular flexibility index (Phi) is 9.80. The first kappa shape index (κ1) is 24.0. The summed E-state index contributed by atoms with van der Waals surface area (Å²) in [5.74, 6) is 0.726. The molecule has 25 heavy (non-hydrogen) atoms. The highest BCUT2D eigenvalue weighted by Crippen LogP contribution is 2.41. The zero-order valence-electron chi connectivity index (χ0n) is 15.6. The summed E-state index contributed by atoms with van der Waals surface area (Å²) in [6, 6.07) is 6.15. The SMILES string of the molecule is COc1cc([C@H](N2CCNCC2)C(C)(C)C)ccc1OC(C)=O.Cl.Cl. The van der Waals surface area contributed by atoms with Crippen LogP contribution in [-0.4, -0.2) is 44.2 Å². The van der Waals surface area contributed by atoms with Gasteiger partial charge in [0.2, 0.25) is 0 Å². The number of esters is 1. The minimum atomic E-state index is -0.342. The lowest BCUT2D eigenvalue weighted by Crippen LogP contribution is -2.48. The van der Waals surface area contributed by atoms with Crippen molar-refractivity contribution in [1.82, 2.24) is 10.2 Å². The summed E-state index contributed by atoms with van der Waals surface area (Å²) >= 11 is 0. The minimum Gasteiger partial charge on any atom is -0.493 e. The van der Waals surface area contributed by atoms with E-state index in [4.69, 9.17) is 9.47 Å². The normalized spacial score (nSPS) is 16.2. The van der Waals surface area contributed by atoms with E-state index in [0.717, 1.165) is 26.2 Å². The predicted octanol–water partition coefficient (Wildman–Crippen LogP) is 3.46. The molecule has 5 nitrogen and oxygen atoms in total. The maximum absolute atomic E-state index is 11.2. The van der Waals surface area contributed by atoms with Crippen molar-refractivity contribution in [2.24, 2.45) is 5.41 Å². The molecular formula is C18H30Cl2N2O3. The Balaban J connectivity index is 0.00000288. The summed E-state index contributed by atoms with van der Waals surface area (Å²) in [7, 11) is 1.60. The fourth-order valence-corrected chi connectivity index (χ4v) is 3.29. The van der Waals surface area contributed by atoms with Gasteiger partial charge in [-0.25, -0.2) is 0 Å². The van der Waals surface area contributed by atoms with Crippen LogP contribution >= 0.6 is 24.8 Å². The molecule has 1 aliphatic rings. The summed E-state index contributed by atoms with van der Waals surface area (Å²) < 4.78 is 10.6. The number of ether oxygens (including phenoxy) is 2. The van der Waals surface area contributed by atoms with Crippen LogP contribution in [0.1, 0.15) is 39.3 Å². The van der Waals surface area contributed by atoms with E-state index in [1.54, 1.807) is 7.11 Å². The molecule has 1 fully saturated rings. The Morgan fingerprint density at radius 2 is 1.76 bits per heavy atom. The highest BCUT2D eigenvalue weighted by molar-refractivity contribution is 5.85. The van der Waals surface area contributed by atoms with Crippen molar-refractivity contribution in [3.8, 4) is 11.5 Å². The number of halogens is 2. The number of nitrogens with one attached hydrogen (secondary N) is 1. The van der Waals surface area contributed by atoms with Gasteiger partial charge in [-0.15, -0.1) is 24.8 Å². The largest absolute Gasteiger partial charge is 0.493 e. The van der Waals surface area contributed by atoms with Crippen LogP contribution < -0.4 is 14.8 Å². The van der Waals surface area contributed by atoms with Crippen LogP contribution in [0, 0.1) is 5.41 Å². The molecule has 0 spiro atoms. The third-order valence-corrected chi connectivity index (χ3v) is 4.09. The third-order valence-electron chi connectivity index (χ3n) is 4.09. The number of piperazine rings is 1. The number of methoxy groups -OCH3 is 1. The monoisotopic (exact) mass is 392 g/mol. The van der Waals surface area contributed by atoms with Crippen molar-refractivity contribution in [1.29, 1.82) is 0 Å². The average Bonchev–Trinajstić information content (AvgIpc) is 2.48. The molecule has 0 aromatic heterocycles. The molecule has 7 heteroatoms. The van der Waals surface area contributed by atoms with E-state index in [0.29, 0.717) is 11.5 Å². The van der Waals surface area contributed by atoms with Crippen LogP contribution in [0.25, 0.3) is 0 Å². The summed E-state index contributed by atoms with van der Waals surface area (Å²) in [6.07, 6.45) is 0. The van der Waals surface area contributed by atoms with Crippen LogP contribution in [0.3, 0.4) is 0 Å². The zero-order valence-corrected chi connectivity index (χ0v) is 17.3. The first-order chi connectivity index (χ1) is 10.8. The van der Waals surface area contributed by atoms with Crippen molar-refractivity contribution < 1.29 is 14.3 Å². The number of benzene rings is 1. The van der Waals surface area contributed by atoms with E-state index in [2.05, 4.69) is 31.0 Å². The van der Waals surface area contributed by atoms with Gasteiger partial charge < -0.3 is 14.8 Å². The maximum atomic E-state index is 11.2. The number of rotatable bonds is 4. The second-order valence-corrected chi connectivity index (χ2v) is 7.06. The van der Waals surface area contributed by atoms with E-state index in [1.165, 1.54) is 12.5 Å². The van der Waals surface area contributed by atoms with Crippen molar-refractivity contribution in [2.75, 3.05) is 33.3 Å². The molecule has 0 amide bonds. The van der Waals surface area contributed by atoms with Crippen LogP contribution in [0.2, 0.25) is 0 Å². The molecule has 1 N–H and O–H groups in total. The molecule has 0 radical (unpaired) electrons. The molecule has 1 aromatic carbocycles. The molecule has 0 bridgehead atoms. The van der Waals surface area contributed by atoms with Crippen LogP contribution in [0.5, 0.6) is 11.5 Å². The van der Waals surface area contributed by atoms with Gasteiger partial charge in [-0.2, -0.15) is 0 Å². The van der Waals surface area contributed by atoms with Gasteiger partial charge in [0.25, 0.3) is 0 Å².